The van der Waals surface area contributed by atoms with E-state index < -0.39 is 0 Å². The van der Waals surface area contributed by atoms with E-state index in [0.29, 0.717) is 17.8 Å². The predicted octanol–water partition coefficient (Wildman–Crippen LogP) is 2.57. The first kappa shape index (κ1) is 20.4. The molecule has 0 aliphatic carbocycles. The molecule has 4 rings (SSSR count). The van der Waals surface area contributed by atoms with Gasteiger partial charge < -0.3 is 10.1 Å². The average molecular weight is 419 g/mol. The van der Waals surface area contributed by atoms with Gasteiger partial charge in [0.2, 0.25) is 0 Å². The largest absolute Gasteiger partial charge is 0.379 e. The zero-order valence-electron chi connectivity index (χ0n) is 16.9. The SMILES string of the molecule is Cc1nn(-c2ccc(F)cc2)c(C)c1C(=O)NCC1(N2CCOCC2)CCSC1. The highest BCUT2D eigenvalue weighted by molar-refractivity contribution is 7.99. The van der Waals surface area contributed by atoms with Crippen LogP contribution in [0.25, 0.3) is 5.69 Å². The molecule has 29 heavy (non-hydrogen) atoms. The third kappa shape index (κ3) is 4.06. The predicted molar refractivity (Wildman–Crippen MR) is 112 cm³/mol. The highest BCUT2D eigenvalue weighted by Crippen LogP contribution is 2.33. The Bertz CT molecular complexity index is 872. The number of amides is 1. The number of hydrogen-bond donors (Lipinski definition) is 1. The number of nitrogens with one attached hydrogen (secondary N) is 1. The molecule has 2 aliphatic rings. The second kappa shape index (κ2) is 8.45. The Morgan fingerprint density at radius 1 is 1.28 bits per heavy atom. The molecule has 2 saturated heterocycles. The highest BCUT2D eigenvalue weighted by atomic mass is 32.2. The summed E-state index contributed by atoms with van der Waals surface area (Å²) in [7, 11) is 0. The van der Waals surface area contributed by atoms with Crippen molar-refractivity contribution in [3.05, 3.63) is 47.0 Å². The number of aromatic nitrogens is 2. The lowest BCUT2D eigenvalue weighted by Gasteiger charge is -2.43. The van der Waals surface area contributed by atoms with Crippen LogP contribution in [0.2, 0.25) is 0 Å². The highest BCUT2D eigenvalue weighted by Gasteiger charge is 2.41. The van der Waals surface area contributed by atoms with Gasteiger partial charge in [-0.2, -0.15) is 16.9 Å². The van der Waals surface area contributed by atoms with Crippen molar-refractivity contribution in [1.82, 2.24) is 20.0 Å². The van der Waals surface area contributed by atoms with E-state index in [1.807, 2.05) is 25.6 Å². The minimum atomic E-state index is -0.295. The van der Waals surface area contributed by atoms with Gasteiger partial charge in [0.1, 0.15) is 5.82 Å². The fourth-order valence-electron chi connectivity index (χ4n) is 4.27. The second-order valence-corrected chi connectivity index (χ2v) is 8.85. The van der Waals surface area contributed by atoms with E-state index in [9.17, 15) is 9.18 Å². The number of ether oxygens (including phenoxy) is 1. The van der Waals surface area contributed by atoms with Gasteiger partial charge in [0.15, 0.2) is 0 Å². The van der Waals surface area contributed by atoms with Gasteiger partial charge in [0, 0.05) is 30.9 Å². The van der Waals surface area contributed by atoms with Crippen molar-refractivity contribution in [3.8, 4) is 5.69 Å². The number of carbonyl (C=O) groups excluding carboxylic acids is 1. The summed E-state index contributed by atoms with van der Waals surface area (Å²) in [6.07, 6.45) is 1.07. The van der Waals surface area contributed by atoms with Crippen LogP contribution in [-0.4, -0.2) is 70.5 Å². The van der Waals surface area contributed by atoms with Crippen molar-refractivity contribution in [3.63, 3.8) is 0 Å². The molecule has 2 aliphatic heterocycles. The van der Waals surface area contributed by atoms with Crippen molar-refractivity contribution >= 4 is 17.7 Å². The maximum atomic E-state index is 13.2. The minimum Gasteiger partial charge on any atom is -0.379 e. The number of halogens is 1. The summed E-state index contributed by atoms with van der Waals surface area (Å²) in [5, 5.41) is 7.71. The van der Waals surface area contributed by atoms with E-state index in [1.165, 1.54) is 12.1 Å². The van der Waals surface area contributed by atoms with Crippen LogP contribution < -0.4 is 5.32 Å². The molecule has 8 heteroatoms. The average Bonchev–Trinajstić information content (AvgIpc) is 3.33. The van der Waals surface area contributed by atoms with E-state index in [0.717, 1.165) is 55.6 Å². The van der Waals surface area contributed by atoms with Crippen molar-refractivity contribution in [2.45, 2.75) is 25.8 Å². The molecule has 0 saturated carbocycles. The topological polar surface area (TPSA) is 59.4 Å². The number of aryl methyl sites for hydroxylation is 1. The fraction of sp³-hybridized carbons (Fsp3) is 0.524. The van der Waals surface area contributed by atoms with Crippen LogP contribution in [-0.2, 0) is 4.74 Å². The van der Waals surface area contributed by atoms with Crippen molar-refractivity contribution < 1.29 is 13.9 Å². The van der Waals surface area contributed by atoms with Gasteiger partial charge in [-0.05, 0) is 50.3 Å². The van der Waals surface area contributed by atoms with E-state index in [4.69, 9.17) is 4.74 Å². The van der Waals surface area contributed by atoms with E-state index in [-0.39, 0.29) is 17.3 Å². The number of thioether (sulfide) groups is 1. The van der Waals surface area contributed by atoms with Crippen molar-refractivity contribution in [2.24, 2.45) is 0 Å². The third-order valence-electron chi connectivity index (χ3n) is 5.93. The fourth-order valence-corrected chi connectivity index (χ4v) is 5.75. The normalized spacial score (nSPS) is 22.7. The summed E-state index contributed by atoms with van der Waals surface area (Å²) >= 11 is 1.95. The van der Waals surface area contributed by atoms with Gasteiger partial charge >= 0.3 is 0 Å². The first-order valence-electron chi connectivity index (χ1n) is 10.0. The summed E-state index contributed by atoms with van der Waals surface area (Å²) < 4.78 is 20.5. The van der Waals surface area contributed by atoms with Gasteiger partial charge in [-0.3, -0.25) is 9.69 Å². The lowest BCUT2D eigenvalue weighted by atomic mass is 9.95. The van der Waals surface area contributed by atoms with E-state index in [1.54, 1.807) is 16.8 Å². The quantitative estimate of drug-likeness (QED) is 0.809. The Labute approximate surface area is 174 Å². The molecule has 156 valence electrons. The summed E-state index contributed by atoms with van der Waals surface area (Å²) in [5.74, 6) is 1.75. The molecule has 1 unspecified atom stereocenters. The molecule has 1 amide bonds. The number of rotatable bonds is 5. The standard InChI is InChI=1S/C21H27FN4O2S/c1-15-19(16(2)26(24-15)18-5-3-17(22)4-6-18)20(27)23-13-21(7-12-29-14-21)25-8-10-28-11-9-25/h3-6H,7-14H2,1-2H3,(H,23,27). The summed E-state index contributed by atoms with van der Waals surface area (Å²) in [5.41, 5.74) is 2.76. The van der Waals surface area contributed by atoms with E-state index in [2.05, 4.69) is 15.3 Å². The molecule has 3 heterocycles. The lowest BCUT2D eigenvalue weighted by Crippen LogP contribution is -2.59. The number of benzene rings is 1. The number of carbonyl (C=O) groups is 1. The van der Waals surface area contributed by atoms with Gasteiger partial charge in [0.25, 0.3) is 5.91 Å². The summed E-state index contributed by atoms with van der Waals surface area (Å²) in [4.78, 5) is 15.6. The van der Waals surface area contributed by atoms with Crippen LogP contribution in [0.4, 0.5) is 4.39 Å². The molecular formula is C21H27FN4O2S. The zero-order chi connectivity index (χ0) is 20.4. The maximum Gasteiger partial charge on any atom is 0.255 e. The summed E-state index contributed by atoms with van der Waals surface area (Å²) in [6.45, 7) is 7.67. The monoisotopic (exact) mass is 418 g/mol. The molecule has 0 bridgehead atoms. The molecule has 1 aromatic carbocycles. The number of hydrogen-bond acceptors (Lipinski definition) is 5. The first-order valence-corrected chi connectivity index (χ1v) is 11.2. The smallest absolute Gasteiger partial charge is 0.255 e. The lowest BCUT2D eigenvalue weighted by molar-refractivity contribution is -0.0129. The second-order valence-electron chi connectivity index (χ2n) is 7.74. The van der Waals surface area contributed by atoms with Crippen LogP contribution in [0.1, 0.15) is 28.2 Å². The zero-order valence-corrected chi connectivity index (χ0v) is 17.7. The maximum absolute atomic E-state index is 13.2. The number of nitrogens with zero attached hydrogens (tertiary/aromatic N) is 3. The Balaban J connectivity index is 1.51. The van der Waals surface area contributed by atoms with Crippen LogP contribution in [0, 0.1) is 19.7 Å². The molecule has 2 fully saturated rings. The van der Waals surface area contributed by atoms with Crippen molar-refractivity contribution in [2.75, 3.05) is 44.4 Å². The Hall–Kier alpha value is -1.90. The van der Waals surface area contributed by atoms with Crippen LogP contribution in [0.5, 0.6) is 0 Å². The van der Waals surface area contributed by atoms with Gasteiger partial charge in [-0.1, -0.05) is 0 Å². The van der Waals surface area contributed by atoms with Crippen molar-refractivity contribution in [1.29, 1.82) is 0 Å². The molecule has 1 aromatic heterocycles. The Morgan fingerprint density at radius 2 is 2.00 bits per heavy atom. The van der Waals surface area contributed by atoms with Gasteiger partial charge in [-0.15, -0.1) is 0 Å². The summed E-state index contributed by atoms with van der Waals surface area (Å²) in [6, 6.07) is 6.13. The van der Waals surface area contributed by atoms with Crippen LogP contribution in [0.15, 0.2) is 24.3 Å². The van der Waals surface area contributed by atoms with Crippen LogP contribution in [0.3, 0.4) is 0 Å². The molecule has 1 atom stereocenters. The van der Waals surface area contributed by atoms with Gasteiger partial charge in [0.05, 0.1) is 35.9 Å². The molecule has 0 radical (unpaired) electrons. The third-order valence-corrected chi connectivity index (χ3v) is 7.17. The van der Waals surface area contributed by atoms with E-state index >= 15 is 0 Å². The Morgan fingerprint density at radius 3 is 2.66 bits per heavy atom. The van der Waals surface area contributed by atoms with Crippen LogP contribution >= 0.6 is 11.8 Å². The molecule has 2 aromatic rings. The Kier molecular flexibility index (Phi) is 5.94. The molecule has 0 spiro atoms. The molecule has 6 nitrogen and oxygen atoms in total. The molecular weight excluding hydrogens is 391 g/mol. The molecule has 1 N–H and O–H groups in total. The number of morpholine rings is 1. The minimum absolute atomic E-state index is 0.00112. The first-order chi connectivity index (χ1) is 14.0. The van der Waals surface area contributed by atoms with Gasteiger partial charge in [-0.25, -0.2) is 9.07 Å².